The molecule has 27 heavy (non-hydrogen) atoms. The molecule has 0 atom stereocenters. The van der Waals surface area contributed by atoms with Crippen LogP contribution in [-0.2, 0) is 16.1 Å². The predicted molar refractivity (Wildman–Crippen MR) is 107 cm³/mol. The highest BCUT2D eigenvalue weighted by atomic mass is 16.4. The van der Waals surface area contributed by atoms with Gasteiger partial charge < -0.3 is 15.1 Å². The number of nitrogens with zero attached hydrogens (tertiary/aromatic N) is 2. The topological polar surface area (TPSA) is 81.1 Å². The van der Waals surface area contributed by atoms with E-state index in [0.717, 1.165) is 26.2 Å². The lowest BCUT2D eigenvalue weighted by Gasteiger charge is -2.22. The van der Waals surface area contributed by atoms with Gasteiger partial charge in [-0.15, -0.1) is 0 Å². The highest BCUT2D eigenvalue weighted by molar-refractivity contribution is 6.27. The molecule has 0 spiro atoms. The first-order chi connectivity index (χ1) is 12.8. The average Bonchev–Trinajstić information content (AvgIpc) is 2.66. The van der Waals surface area contributed by atoms with E-state index in [4.69, 9.17) is 19.8 Å². The number of carbonyl (C=O) groups is 2. The zero-order valence-electron chi connectivity index (χ0n) is 16.1. The minimum Gasteiger partial charge on any atom is -0.473 e. The second-order valence-electron chi connectivity index (χ2n) is 6.35. The highest BCUT2D eigenvalue weighted by Gasteiger charge is 2.05. The van der Waals surface area contributed by atoms with E-state index in [1.807, 2.05) is 0 Å². The molecule has 0 saturated heterocycles. The van der Waals surface area contributed by atoms with Gasteiger partial charge in [0.1, 0.15) is 0 Å². The van der Waals surface area contributed by atoms with Crippen LogP contribution in [0.15, 0.2) is 54.6 Å². The summed E-state index contributed by atoms with van der Waals surface area (Å²) in [6, 6.07) is 19.5. The molecule has 6 nitrogen and oxygen atoms in total. The molecule has 0 fully saturated rings. The van der Waals surface area contributed by atoms with E-state index >= 15 is 0 Å². The summed E-state index contributed by atoms with van der Waals surface area (Å²) in [6.07, 6.45) is 0. The number of hydrogen-bond acceptors (Lipinski definition) is 4. The Balaban J connectivity index is 0.000000527. The van der Waals surface area contributed by atoms with Crippen LogP contribution in [0.4, 0.5) is 0 Å². The Hall–Kier alpha value is -2.70. The van der Waals surface area contributed by atoms with Crippen molar-refractivity contribution in [3.8, 4) is 11.1 Å². The van der Waals surface area contributed by atoms with Gasteiger partial charge in [-0.1, -0.05) is 61.5 Å². The maximum absolute atomic E-state index is 9.10. The molecule has 0 amide bonds. The van der Waals surface area contributed by atoms with Gasteiger partial charge in [-0.25, -0.2) is 9.59 Å². The minimum absolute atomic E-state index is 1.03. The second kappa shape index (κ2) is 11.8. The van der Waals surface area contributed by atoms with Crippen molar-refractivity contribution >= 4 is 11.9 Å². The van der Waals surface area contributed by atoms with Crippen LogP contribution < -0.4 is 0 Å². The van der Waals surface area contributed by atoms with Crippen LogP contribution in [0.5, 0.6) is 0 Å². The summed E-state index contributed by atoms with van der Waals surface area (Å²) in [6.45, 7) is 6.57. The van der Waals surface area contributed by atoms with E-state index in [9.17, 15) is 0 Å². The Morgan fingerprint density at radius 2 is 1.33 bits per heavy atom. The SMILES string of the molecule is CCN(CCN(C)C)Cc1ccc(-c2ccccc2)cc1.O=C(O)C(=O)O. The van der Waals surface area contributed by atoms with Gasteiger partial charge in [0.05, 0.1) is 0 Å². The number of hydrogen-bond donors (Lipinski definition) is 2. The first-order valence-electron chi connectivity index (χ1n) is 8.81. The van der Waals surface area contributed by atoms with E-state index in [-0.39, 0.29) is 0 Å². The lowest BCUT2D eigenvalue weighted by atomic mass is 10.0. The van der Waals surface area contributed by atoms with Crippen molar-refractivity contribution in [2.24, 2.45) is 0 Å². The molecule has 2 N–H and O–H groups in total. The van der Waals surface area contributed by atoms with E-state index in [0.29, 0.717) is 0 Å². The number of benzene rings is 2. The Bertz CT molecular complexity index is 688. The van der Waals surface area contributed by atoms with Crippen LogP contribution in [0.2, 0.25) is 0 Å². The monoisotopic (exact) mass is 372 g/mol. The molecule has 0 radical (unpaired) electrons. The number of carboxylic acids is 2. The van der Waals surface area contributed by atoms with Gasteiger partial charge in [0, 0.05) is 19.6 Å². The molecular weight excluding hydrogens is 344 g/mol. The number of likely N-dealkylation sites (N-methyl/N-ethyl adjacent to an activating group) is 2. The van der Waals surface area contributed by atoms with E-state index in [2.05, 4.69) is 85.4 Å². The molecule has 0 aliphatic carbocycles. The first kappa shape index (κ1) is 22.3. The molecule has 0 aromatic heterocycles. The van der Waals surface area contributed by atoms with Crippen LogP contribution >= 0.6 is 0 Å². The molecule has 2 rings (SSSR count). The molecule has 0 heterocycles. The predicted octanol–water partition coefficient (Wildman–Crippen LogP) is 2.89. The van der Waals surface area contributed by atoms with Crippen LogP contribution in [-0.4, -0.2) is 65.7 Å². The Kier molecular flexibility index (Phi) is 9.79. The molecule has 2 aromatic carbocycles. The third-order valence-electron chi connectivity index (χ3n) is 3.96. The zero-order chi connectivity index (χ0) is 20.2. The molecular formula is C21H28N2O4. The third-order valence-corrected chi connectivity index (χ3v) is 3.96. The van der Waals surface area contributed by atoms with Crippen LogP contribution in [0, 0.1) is 0 Å². The van der Waals surface area contributed by atoms with Crippen LogP contribution in [0.1, 0.15) is 12.5 Å². The summed E-state index contributed by atoms with van der Waals surface area (Å²) >= 11 is 0. The standard InChI is InChI=1S/C19H26N2.C2H2O4/c1-4-21(15-14-20(2)3)16-17-10-12-19(13-11-17)18-8-6-5-7-9-18;3-1(4)2(5)6/h5-13H,4,14-16H2,1-3H3;(H,3,4)(H,5,6). The maximum Gasteiger partial charge on any atom is 0.414 e. The molecule has 0 bridgehead atoms. The summed E-state index contributed by atoms with van der Waals surface area (Å²) < 4.78 is 0. The van der Waals surface area contributed by atoms with Crippen molar-refractivity contribution < 1.29 is 19.8 Å². The van der Waals surface area contributed by atoms with E-state index in [1.165, 1.54) is 16.7 Å². The summed E-state index contributed by atoms with van der Waals surface area (Å²) in [5.41, 5.74) is 3.95. The summed E-state index contributed by atoms with van der Waals surface area (Å²) in [4.78, 5) is 22.9. The fourth-order valence-electron chi connectivity index (χ4n) is 2.38. The number of carboxylic acid groups (broad SMARTS) is 2. The van der Waals surface area contributed by atoms with Gasteiger partial charge in [0.2, 0.25) is 0 Å². The van der Waals surface area contributed by atoms with Crippen LogP contribution in [0.25, 0.3) is 11.1 Å². The fourth-order valence-corrected chi connectivity index (χ4v) is 2.38. The highest BCUT2D eigenvalue weighted by Crippen LogP contribution is 2.19. The van der Waals surface area contributed by atoms with E-state index in [1.54, 1.807) is 0 Å². The smallest absolute Gasteiger partial charge is 0.414 e. The lowest BCUT2D eigenvalue weighted by Crippen LogP contribution is -2.31. The largest absolute Gasteiger partial charge is 0.473 e. The molecule has 0 aliphatic rings. The quantitative estimate of drug-likeness (QED) is 0.728. The maximum atomic E-state index is 9.10. The molecule has 0 unspecified atom stereocenters. The van der Waals surface area contributed by atoms with Crippen molar-refractivity contribution in [1.29, 1.82) is 0 Å². The summed E-state index contributed by atoms with van der Waals surface area (Å²) in [5.74, 6) is -3.65. The molecule has 146 valence electrons. The molecule has 0 aliphatic heterocycles. The molecule has 2 aromatic rings. The van der Waals surface area contributed by atoms with Gasteiger partial charge in [-0.2, -0.15) is 0 Å². The number of rotatable bonds is 7. The van der Waals surface area contributed by atoms with Crippen molar-refractivity contribution in [1.82, 2.24) is 9.80 Å². The van der Waals surface area contributed by atoms with Gasteiger partial charge in [0.15, 0.2) is 0 Å². The van der Waals surface area contributed by atoms with Gasteiger partial charge >= 0.3 is 11.9 Å². The zero-order valence-corrected chi connectivity index (χ0v) is 16.1. The Labute approximate surface area is 160 Å². The van der Waals surface area contributed by atoms with Crippen molar-refractivity contribution in [2.45, 2.75) is 13.5 Å². The fraction of sp³-hybridized carbons (Fsp3) is 0.333. The van der Waals surface area contributed by atoms with Crippen molar-refractivity contribution in [2.75, 3.05) is 33.7 Å². The van der Waals surface area contributed by atoms with Crippen molar-refractivity contribution in [3.05, 3.63) is 60.2 Å². The second-order valence-corrected chi connectivity index (χ2v) is 6.35. The third kappa shape index (κ3) is 8.99. The summed E-state index contributed by atoms with van der Waals surface area (Å²) in [7, 11) is 4.25. The Morgan fingerprint density at radius 3 is 1.78 bits per heavy atom. The lowest BCUT2D eigenvalue weighted by molar-refractivity contribution is -0.159. The summed E-state index contributed by atoms with van der Waals surface area (Å²) in [5, 5.41) is 14.8. The van der Waals surface area contributed by atoms with Crippen molar-refractivity contribution in [3.63, 3.8) is 0 Å². The van der Waals surface area contributed by atoms with E-state index < -0.39 is 11.9 Å². The first-order valence-corrected chi connectivity index (χ1v) is 8.81. The van der Waals surface area contributed by atoms with Gasteiger partial charge in [0.25, 0.3) is 0 Å². The average molecular weight is 372 g/mol. The van der Waals surface area contributed by atoms with Gasteiger partial charge in [-0.05, 0) is 37.3 Å². The minimum atomic E-state index is -1.82. The van der Waals surface area contributed by atoms with Crippen LogP contribution in [0.3, 0.4) is 0 Å². The molecule has 0 saturated carbocycles. The Morgan fingerprint density at radius 1 is 0.815 bits per heavy atom. The van der Waals surface area contributed by atoms with Gasteiger partial charge in [-0.3, -0.25) is 4.90 Å². The number of aliphatic carboxylic acids is 2. The molecule has 6 heteroatoms. The normalized spacial score (nSPS) is 10.4.